The summed E-state index contributed by atoms with van der Waals surface area (Å²) in [6.45, 7) is 0.452. The molecule has 5 rings (SSSR count). The minimum Gasteiger partial charge on any atom is -0.508 e. The van der Waals surface area contributed by atoms with Crippen LogP contribution in [-0.4, -0.2) is 68.6 Å². The Balaban J connectivity index is 1.49. The summed E-state index contributed by atoms with van der Waals surface area (Å²) in [5.74, 6) is -2.26. The number of halogens is 2. The molecule has 4 heterocycles. The summed E-state index contributed by atoms with van der Waals surface area (Å²) in [4.78, 5) is 32.9. The molecule has 0 aliphatic carbocycles. The summed E-state index contributed by atoms with van der Waals surface area (Å²) in [6.07, 6.45) is 3.96. The molecule has 3 aromatic heterocycles. The Hall–Kier alpha value is -4.70. The molecule has 1 aliphatic heterocycles. The Bertz CT molecular complexity index is 1610. The molecule has 1 fully saturated rings. The average molecular weight is 550 g/mol. The van der Waals surface area contributed by atoms with E-state index in [4.69, 9.17) is 4.74 Å². The largest absolute Gasteiger partial charge is 0.508 e. The lowest BCUT2D eigenvalue weighted by Crippen LogP contribution is -2.55. The Kier molecular flexibility index (Phi) is 7.29. The van der Waals surface area contributed by atoms with Crippen molar-refractivity contribution < 1.29 is 23.4 Å². The third-order valence-electron chi connectivity index (χ3n) is 6.22. The summed E-state index contributed by atoms with van der Waals surface area (Å²) in [6, 6.07) is 7.35. The zero-order valence-corrected chi connectivity index (χ0v) is 21.4. The van der Waals surface area contributed by atoms with E-state index in [1.807, 2.05) is 0 Å². The number of pyridine rings is 1. The number of hydrogen-bond donors (Lipinski definition) is 1. The molecule has 1 aliphatic rings. The fraction of sp³-hybridized carbons (Fsp3) is 0.231. The minimum atomic E-state index is -0.971. The number of phenols is 1. The number of methoxy groups -OCH3 is 1. The van der Waals surface area contributed by atoms with Crippen molar-refractivity contribution in [3.8, 4) is 29.1 Å². The van der Waals surface area contributed by atoms with E-state index >= 15 is 4.39 Å². The van der Waals surface area contributed by atoms with E-state index in [2.05, 4.69) is 26.0 Å². The van der Waals surface area contributed by atoms with Crippen LogP contribution in [-0.2, 0) is 4.79 Å². The van der Waals surface area contributed by atoms with Gasteiger partial charge in [-0.1, -0.05) is 12.1 Å². The maximum absolute atomic E-state index is 15.7. The molecule has 13 heteroatoms. The molecule has 1 atom stereocenters. The van der Waals surface area contributed by atoms with Crippen molar-refractivity contribution in [3.63, 3.8) is 0 Å². The molecule has 198 valence electrons. The second kappa shape index (κ2) is 11.0. The van der Waals surface area contributed by atoms with Gasteiger partial charge in [0.2, 0.25) is 0 Å². The van der Waals surface area contributed by atoms with Crippen LogP contribution in [0.15, 0.2) is 47.9 Å². The van der Waals surface area contributed by atoms with Crippen LogP contribution >= 0.6 is 11.3 Å². The van der Waals surface area contributed by atoms with Gasteiger partial charge in [0.25, 0.3) is 5.91 Å². The Morgan fingerprint density at radius 1 is 1.33 bits per heavy atom. The maximum atomic E-state index is 15.7. The van der Waals surface area contributed by atoms with Gasteiger partial charge < -0.3 is 19.6 Å². The number of piperazine rings is 1. The molecule has 1 aromatic carbocycles. The quantitative estimate of drug-likeness (QED) is 0.356. The fourth-order valence-electron chi connectivity index (χ4n) is 4.42. The van der Waals surface area contributed by atoms with Crippen LogP contribution in [0.25, 0.3) is 28.2 Å². The van der Waals surface area contributed by atoms with Crippen molar-refractivity contribution >= 4 is 40.0 Å². The molecule has 0 bridgehead atoms. The molecule has 1 unspecified atom stereocenters. The van der Waals surface area contributed by atoms with Crippen LogP contribution in [0.1, 0.15) is 11.4 Å². The highest BCUT2D eigenvalue weighted by Gasteiger charge is 2.34. The zero-order chi connectivity index (χ0) is 27.5. The van der Waals surface area contributed by atoms with Crippen molar-refractivity contribution in [2.45, 2.75) is 12.5 Å². The number of phenolic OH excluding ortho intramolecular Hbond substituents is 1. The van der Waals surface area contributed by atoms with Crippen molar-refractivity contribution in [1.82, 2.24) is 24.8 Å². The van der Waals surface area contributed by atoms with E-state index < -0.39 is 23.6 Å². The van der Waals surface area contributed by atoms with Crippen LogP contribution in [0.4, 0.5) is 14.6 Å². The van der Waals surface area contributed by atoms with Gasteiger partial charge in [-0.3, -0.25) is 9.78 Å². The number of benzene rings is 1. The molecular weight excluding hydrogens is 528 g/mol. The Labute approximate surface area is 225 Å². The molecule has 1 amide bonds. The van der Waals surface area contributed by atoms with Gasteiger partial charge in [0, 0.05) is 49.0 Å². The predicted molar refractivity (Wildman–Crippen MR) is 140 cm³/mol. The molecule has 10 nitrogen and oxygen atoms in total. The van der Waals surface area contributed by atoms with Crippen molar-refractivity contribution in [3.05, 3.63) is 58.7 Å². The third kappa shape index (κ3) is 5.19. The number of hydrogen-bond acceptors (Lipinski definition) is 10. The second-order valence-corrected chi connectivity index (χ2v) is 9.52. The highest BCUT2D eigenvalue weighted by Crippen LogP contribution is 2.34. The molecular formula is C26H21F2N7O3S. The molecule has 0 saturated carbocycles. The molecule has 0 spiro atoms. The van der Waals surface area contributed by atoms with Gasteiger partial charge in [0.1, 0.15) is 27.8 Å². The third-order valence-corrected chi connectivity index (χ3v) is 6.94. The monoisotopic (exact) mass is 549 g/mol. The van der Waals surface area contributed by atoms with Crippen LogP contribution in [0.2, 0.25) is 0 Å². The summed E-state index contributed by atoms with van der Waals surface area (Å²) in [5.41, 5.74) is 0.311. The molecule has 1 N–H and O–H groups in total. The van der Waals surface area contributed by atoms with Gasteiger partial charge >= 0.3 is 6.01 Å². The number of thiazole rings is 1. The van der Waals surface area contributed by atoms with Gasteiger partial charge in [0.05, 0.1) is 31.0 Å². The van der Waals surface area contributed by atoms with Crippen LogP contribution in [0.3, 0.4) is 0 Å². The number of carbonyl (C=O) groups excluding carboxylic acids is 1. The van der Waals surface area contributed by atoms with Crippen LogP contribution < -0.4 is 9.64 Å². The molecule has 0 radical (unpaired) electrons. The van der Waals surface area contributed by atoms with Crippen LogP contribution in [0.5, 0.6) is 11.8 Å². The number of aromatic hydroxyl groups is 1. The van der Waals surface area contributed by atoms with Crippen molar-refractivity contribution in [1.29, 1.82) is 5.26 Å². The first-order valence-corrected chi connectivity index (χ1v) is 12.7. The average Bonchev–Trinajstić information content (AvgIpc) is 3.45. The van der Waals surface area contributed by atoms with Gasteiger partial charge in [0.15, 0.2) is 11.6 Å². The highest BCUT2D eigenvalue weighted by atomic mass is 32.1. The van der Waals surface area contributed by atoms with E-state index in [1.54, 1.807) is 22.4 Å². The zero-order valence-electron chi connectivity index (χ0n) is 20.6. The lowest BCUT2D eigenvalue weighted by molar-refractivity contribution is -0.131. The van der Waals surface area contributed by atoms with Gasteiger partial charge in [-0.15, -0.1) is 11.3 Å². The number of carbonyl (C=O) groups is 1. The number of ether oxygens (including phenoxy) is 1. The topological polar surface area (TPSA) is 128 Å². The first kappa shape index (κ1) is 25.9. The molecule has 1 saturated heterocycles. The van der Waals surface area contributed by atoms with Crippen molar-refractivity contribution in [2.24, 2.45) is 0 Å². The van der Waals surface area contributed by atoms with Crippen molar-refractivity contribution in [2.75, 3.05) is 31.6 Å². The van der Waals surface area contributed by atoms with E-state index in [1.165, 1.54) is 47.9 Å². The van der Waals surface area contributed by atoms with Crippen LogP contribution in [0, 0.1) is 17.1 Å². The molecule has 39 heavy (non-hydrogen) atoms. The minimum absolute atomic E-state index is 0.00892. The van der Waals surface area contributed by atoms with Gasteiger partial charge in [-0.05, 0) is 12.1 Å². The number of rotatable bonds is 6. The summed E-state index contributed by atoms with van der Waals surface area (Å²) < 4.78 is 35.7. The smallest absolute Gasteiger partial charge is 0.318 e. The Morgan fingerprint density at radius 3 is 2.90 bits per heavy atom. The summed E-state index contributed by atoms with van der Waals surface area (Å²) >= 11 is 1.20. The number of anilines is 1. The maximum Gasteiger partial charge on any atom is 0.318 e. The summed E-state index contributed by atoms with van der Waals surface area (Å²) in [7, 11) is 1.35. The molecule has 4 aromatic rings. The lowest BCUT2D eigenvalue weighted by Gasteiger charge is -2.41. The van der Waals surface area contributed by atoms with E-state index in [-0.39, 0.29) is 49.0 Å². The van der Waals surface area contributed by atoms with Gasteiger partial charge in [-0.2, -0.15) is 15.2 Å². The normalized spacial score (nSPS) is 15.8. The Morgan fingerprint density at radius 2 is 2.18 bits per heavy atom. The number of aromatic nitrogens is 4. The fourth-order valence-corrected chi connectivity index (χ4v) is 4.97. The SMILES string of the molecule is COc1nc(N2CCN(C(=O)/C(F)=C/c3nccs3)C(CC#N)C2)c2cnc(-c3cccc(O)c3)c(F)c2n1. The van der Waals surface area contributed by atoms with E-state index in [9.17, 15) is 19.6 Å². The number of nitriles is 1. The summed E-state index contributed by atoms with van der Waals surface area (Å²) in [5, 5.41) is 21.6. The predicted octanol–water partition coefficient (Wildman–Crippen LogP) is 3.94. The van der Waals surface area contributed by atoms with E-state index in [0.29, 0.717) is 21.8 Å². The second-order valence-electron chi connectivity index (χ2n) is 8.59. The van der Waals surface area contributed by atoms with E-state index in [0.717, 1.165) is 6.08 Å². The first-order chi connectivity index (χ1) is 18.9. The standard InChI is InChI=1S/C26H21F2N7O3S/c1-38-26-32-23-18(13-31-22(21(23)28)15-3-2-4-17(36)11-15)24(33-26)34-8-9-35(16(14-34)5-6-29)25(37)19(27)12-20-30-7-10-39-20/h2-4,7,10-13,16,36H,5,8-9,14H2,1H3/b19-12-. The number of amides is 1. The highest BCUT2D eigenvalue weighted by molar-refractivity contribution is 7.10. The number of nitrogens with zero attached hydrogens (tertiary/aromatic N) is 7. The van der Waals surface area contributed by atoms with Gasteiger partial charge in [-0.25, -0.2) is 13.8 Å². The first-order valence-electron chi connectivity index (χ1n) is 11.8. The number of fused-ring (bicyclic) bond motifs is 1. The lowest BCUT2D eigenvalue weighted by atomic mass is 10.1.